The number of aliphatic carboxylic acids is 1. The summed E-state index contributed by atoms with van der Waals surface area (Å²) in [5, 5.41) is 29.2. The Morgan fingerprint density at radius 3 is 2.20 bits per heavy atom. The van der Waals surface area contributed by atoms with Gasteiger partial charge in [0.25, 0.3) is 5.91 Å². The van der Waals surface area contributed by atoms with Crippen molar-refractivity contribution in [1.29, 1.82) is 0 Å². The van der Waals surface area contributed by atoms with Gasteiger partial charge in [0.1, 0.15) is 25.1 Å². The number of rotatable bonds is 11. The lowest BCUT2D eigenvalue weighted by Gasteiger charge is -2.24. The van der Waals surface area contributed by atoms with E-state index >= 15 is 0 Å². The SMILES string of the molecule is O=C(N[C@@H](Cc1ccccc1)C(=O)N[C@H]1[C@@H](O)[C@H](n2cnc3c(NC(=O)c4ccccc4)ncnc32)O[C@@H]1C(=O)O)OCc1ccccc1. The molecule has 3 heterocycles. The third-order valence-electron chi connectivity index (χ3n) is 7.83. The van der Waals surface area contributed by atoms with Crippen molar-refractivity contribution in [2.24, 2.45) is 0 Å². The van der Waals surface area contributed by atoms with Crippen LogP contribution < -0.4 is 16.0 Å². The average molecular weight is 666 g/mol. The summed E-state index contributed by atoms with van der Waals surface area (Å²) in [6.07, 6.45) is -3.05. The van der Waals surface area contributed by atoms with Crippen molar-refractivity contribution in [3.05, 3.63) is 120 Å². The van der Waals surface area contributed by atoms with Crippen LogP contribution in [0, 0.1) is 0 Å². The molecule has 15 nitrogen and oxygen atoms in total. The number of aromatic nitrogens is 4. The summed E-state index contributed by atoms with van der Waals surface area (Å²) in [5.41, 5.74) is 2.12. The lowest BCUT2D eigenvalue weighted by Crippen LogP contribution is -2.56. The summed E-state index contributed by atoms with van der Waals surface area (Å²) >= 11 is 0. The Hall–Kier alpha value is -6.19. The fourth-order valence-electron chi connectivity index (χ4n) is 5.40. The standard InChI is InChI=1S/C34H31N7O8/c42-26-24(39-31(44)23(16-20-10-4-1-5-11-20)38-34(47)48-17-21-12-6-2-7-13-21)27(33(45)46)49-32(26)41-19-37-25-28(35-18-36-29(25)41)40-30(43)22-14-8-3-9-15-22/h1-15,18-19,23-24,26-27,32,42H,16-17H2,(H,38,47)(H,39,44)(H,45,46)(H,35,36,40,43)/t23-,24-,26+,27-,32+/m0/s1. The van der Waals surface area contributed by atoms with Gasteiger partial charge in [-0.3, -0.25) is 14.2 Å². The number of hydrogen-bond donors (Lipinski definition) is 5. The highest BCUT2D eigenvalue weighted by atomic mass is 16.6. The van der Waals surface area contributed by atoms with Crippen LogP contribution in [0.2, 0.25) is 0 Å². The van der Waals surface area contributed by atoms with Gasteiger partial charge < -0.3 is 35.6 Å². The molecule has 5 N–H and O–H groups in total. The van der Waals surface area contributed by atoms with E-state index in [1.165, 1.54) is 17.2 Å². The number of nitrogens with zero attached hydrogens (tertiary/aromatic N) is 4. The quantitative estimate of drug-likeness (QED) is 0.138. The van der Waals surface area contributed by atoms with Gasteiger partial charge in [0.2, 0.25) is 5.91 Å². The number of carbonyl (C=O) groups excluding carboxylic acids is 3. The van der Waals surface area contributed by atoms with E-state index in [-0.39, 0.29) is 30.0 Å². The Morgan fingerprint density at radius 1 is 0.878 bits per heavy atom. The van der Waals surface area contributed by atoms with E-state index in [9.17, 15) is 29.4 Å². The monoisotopic (exact) mass is 665 g/mol. The lowest BCUT2D eigenvalue weighted by molar-refractivity contribution is -0.152. The normalized spacial score (nSPS) is 19.1. The molecule has 0 bridgehead atoms. The molecule has 0 aliphatic carbocycles. The fourth-order valence-corrected chi connectivity index (χ4v) is 5.40. The van der Waals surface area contributed by atoms with Crippen molar-refractivity contribution >= 4 is 40.9 Å². The number of aliphatic hydroxyl groups excluding tert-OH is 1. The van der Waals surface area contributed by atoms with E-state index in [0.717, 1.165) is 5.56 Å². The number of ether oxygens (including phenoxy) is 2. The molecule has 0 unspecified atom stereocenters. The number of amides is 3. The van der Waals surface area contributed by atoms with Crippen LogP contribution in [0.4, 0.5) is 10.6 Å². The molecule has 1 saturated heterocycles. The Kier molecular flexibility index (Phi) is 9.83. The third kappa shape index (κ3) is 7.53. The van der Waals surface area contributed by atoms with Crippen molar-refractivity contribution in [3.8, 4) is 0 Å². The van der Waals surface area contributed by atoms with Crippen molar-refractivity contribution < 1.29 is 38.9 Å². The first-order valence-corrected chi connectivity index (χ1v) is 15.2. The molecule has 1 fully saturated rings. The third-order valence-corrected chi connectivity index (χ3v) is 7.83. The lowest BCUT2D eigenvalue weighted by atomic mass is 10.0. The molecule has 0 spiro atoms. The molecule has 1 aliphatic rings. The molecule has 0 radical (unpaired) electrons. The van der Waals surface area contributed by atoms with Crippen molar-refractivity contribution in [3.63, 3.8) is 0 Å². The Labute approximate surface area is 278 Å². The molecule has 0 saturated carbocycles. The van der Waals surface area contributed by atoms with Crippen LogP contribution in [-0.4, -0.2) is 77.9 Å². The number of carbonyl (C=O) groups is 4. The summed E-state index contributed by atoms with van der Waals surface area (Å²) in [6.45, 7) is -0.0373. The summed E-state index contributed by atoms with van der Waals surface area (Å²) in [5.74, 6) is -2.58. The number of aliphatic hydroxyl groups is 1. The number of imidazole rings is 1. The van der Waals surface area contributed by atoms with Crippen molar-refractivity contribution in [1.82, 2.24) is 30.2 Å². The first-order valence-electron chi connectivity index (χ1n) is 15.2. The average Bonchev–Trinajstić information content (AvgIpc) is 3.69. The van der Waals surface area contributed by atoms with Gasteiger partial charge in [0, 0.05) is 12.0 Å². The highest BCUT2D eigenvalue weighted by molar-refractivity contribution is 6.06. The molecular formula is C34H31N7O8. The maximum Gasteiger partial charge on any atom is 0.408 e. The Balaban J connectivity index is 1.20. The number of fused-ring (bicyclic) bond motifs is 1. The zero-order chi connectivity index (χ0) is 34.3. The minimum absolute atomic E-state index is 0.0373. The second-order valence-corrected chi connectivity index (χ2v) is 11.1. The predicted molar refractivity (Wildman–Crippen MR) is 173 cm³/mol. The minimum atomic E-state index is -1.69. The molecular weight excluding hydrogens is 634 g/mol. The van der Waals surface area contributed by atoms with Crippen LogP contribution in [0.3, 0.4) is 0 Å². The summed E-state index contributed by atoms with van der Waals surface area (Å²) < 4.78 is 12.4. The van der Waals surface area contributed by atoms with Crippen LogP contribution in [0.15, 0.2) is 104 Å². The van der Waals surface area contributed by atoms with Crippen molar-refractivity contribution in [2.45, 2.75) is 43.5 Å². The first-order chi connectivity index (χ1) is 23.8. The molecule has 5 atom stereocenters. The molecule has 3 aromatic carbocycles. The largest absolute Gasteiger partial charge is 0.479 e. The second kappa shape index (κ2) is 14.7. The predicted octanol–water partition coefficient (Wildman–Crippen LogP) is 2.44. The van der Waals surface area contributed by atoms with E-state index < -0.39 is 54.4 Å². The number of nitrogens with one attached hydrogen (secondary N) is 3. The number of hydrogen-bond acceptors (Lipinski definition) is 10. The van der Waals surface area contributed by atoms with Crippen LogP contribution in [0.1, 0.15) is 27.7 Å². The number of carboxylic acids is 1. The molecule has 5 aromatic rings. The maximum absolute atomic E-state index is 13.7. The first kappa shape index (κ1) is 32.7. The van der Waals surface area contributed by atoms with Crippen LogP contribution >= 0.6 is 0 Å². The van der Waals surface area contributed by atoms with Gasteiger partial charge >= 0.3 is 12.1 Å². The highest BCUT2D eigenvalue weighted by Gasteiger charge is 2.50. The van der Waals surface area contributed by atoms with Gasteiger partial charge in [-0.15, -0.1) is 0 Å². The molecule has 3 amide bonds. The van der Waals surface area contributed by atoms with E-state index in [4.69, 9.17) is 9.47 Å². The number of alkyl carbamates (subject to hydrolysis) is 1. The summed E-state index contributed by atoms with van der Waals surface area (Å²) in [6, 6.07) is 23.7. The molecule has 15 heteroatoms. The van der Waals surface area contributed by atoms with Crippen molar-refractivity contribution in [2.75, 3.05) is 5.32 Å². The summed E-state index contributed by atoms with van der Waals surface area (Å²) in [4.78, 5) is 64.1. The van der Waals surface area contributed by atoms with Crippen LogP contribution in [-0.2, 0) is 32.1 Å². The smallest absolute Gasteiger partial charge is 0.408 e. The van der Waals surface area contributed by atoms with E-state index in [1.807, 2.05) is 6.07 Å². The topological polar surface area (TPSA) is 207 Å². The number of carboxylic acid groups (broad SMARTS) is 1. The molecule has 49 heavy (non-hydrogen) atoms. The van der Waals surface area contributed by atoms with Gasteiger partial charge in [0.05, 0.1) is 12.4 Å². The molecule has 1 aliphatic heterocycles. The molecule has 250 valence electrons. The van der Waals surface area contributed by atoms with E-state index in [2.05, 4.69) is 30.9 Å². The number of anilines is 1. The van der Waals surface area contributed by atoms with Gasteiger partial charge in [-0.25, -0.2) is 24.5 Å². The van der Waals surface area contributed by atoms with Crippen LogP contribution in [0.25, 0.3) is 11.2 Å². The highest BCUT2D eigenvalue weighted by Crippen LogP contribution is 2.33. The zero-order valence-electron chi connectivity index (χ0n) is 25.7. The van der Waals surface area contributed by atoms with Crippen LogP contribution in [0.5, 0.6) is 0 Å². The van der Waals surface area contributed by atoms with Gasteiger partial charge in [-0.1, -0.05) is 78.9 Å². The number of benzene rings is 3. The van der Waals surface area contributed by atoms with E-state index in [1.54, 1.807) is 84.9 Å². The minimum Gasteiger partial charge on any atom is -0.479 e. The van der Waals surface area contributed by atoms with E-state index in [0.29, 0.717) is 11.1 Å². The van der Waals surface area contributed by atoms with Gasteiger partial charge in [-0.2, -0.15) is 0 Å². The van der Waals surface area contributed by atoms with Gasteiger partial charge in [-0.05, 0) is 23.3 Å². The maximum atomic E-state index is 13.7. The fraction of sp³-hybridized carbons (Fsp3) is 0.206. The van der Waals surface area contributed by atoms with Gasteiger partial charge in [0.15, 0.2) is 29.3 Å². The summed E-state index contributed by atoms with van der Waals surface area (Å²) in [7, 11) is 0. The zero-order valence-corrected chi connectivity index (χ0v) is 25.7. The molecule has 6 rings (SSSR count). The Morgan fingerprint density at radius 2 is 1.53 bits per heavy atom. The second-order valence-electron chi connectivity index (χ2n) is 11.1. The molecule has 2 aromatic heterocycles. The Bertz CT molecular complexity index is 1940.